The maximum absolute atomic E-state index is 13.4. The van der Waals surface area contributed by atoms with Gasteiger partial charge in [-0.15, -0.1) is 0 Å². The van der Waals surface area contributed by atoms with E-state index < -0.39 is 41.4 Å². The molecule has 10 nitrogen and oxygen atoms in total. The molecule has 2 heterocycles. The highest BCUT2D eigenvalue weighted by Gasteiger charge is 2.45. The fourth-order valence-electron chi connectivity index (χ4n) is 4.40. The monoisotopic (exact) mass is 520 g/mol. The fraction of sp³-hybridized carbons (Fsp3) is 0.393. The molecule has 200 valence electrons. The third kappa shape index (κ3) is 5.53. The van der Waals surface area contributed by atoms with Gasteiger partial charge in [0.1, 0.15) is 11.6 Å². The summed E-state index contributed by atoms with van der Waals surface area (Å²) in [6.07, 6.45) is -0.482. The van der Waals surface area contributed by atoms with Crippen molar-refractivity contribution in [2.24, 2.45) is 0 Å². The Hall–Kier alpha value is -4.21. The van der Waals surface area contributed by atoms with Crippen molar-refractivity contribution in [3.8, 4) is 0 Å². The van der Waals surface area contributed by atoms with Crippen molar-refractivity contribution in [1.29, 1.82) is 0 Å². The number of nitrogens with one attached hydrogen (secondary N) is 3. The van der Waals surface area contributed by atoms with E-state index in [4.69, 9.17) is 4.74 Å². The maximum atomic E-state index is 13.4. The van der Waals surface area contributed by atoms with Crippen LogP contribution in [-0.2, 0) is 19.7 Å². The summed E-state index contributed by atoms with van der Waals surface area (Å²) in [6, 6.07) is 9.26. The van der Waals surface area contributed by atoms with Crippen molar-refractivity contribution in [2.75, 3.05) is 10.6 Å². The fourth-order valence-corrected chi connectivity index (χ4v) is 4.40. The molecule has 0 radical (unpaired) electrons. The van der Waals surface area contributed by atoms with Crippen molar-refractivity contribution in [3.63, 3.8) is 0 Å². The van der Waals surface area contributed by atoms with Crippen LogP contribution in [0, 0.1) is 0 Å². The highest BCUT2D eigenvalue weighted by Crippen LogP contribution is 2.36. The number of piperidine rings is 1. The largest absolute Gasteiger partial charge is 0.444 e. The van der Waals surface area contributed by atoms with Crippen molar-refractivity contribution in [2.45, 2.75) is 71.4 Å². The first-order valence-corrected chi connectivity index (χ1v) is 12.4. The van der Waals surface area contributed by atoms with E-state index in [2.05, 4.69) is 16.0 Å². The van der Waals surface area contributed by atoms with Gasteiger partial charge in [-0.3, -0.25) is 34.7 Å². The van der Waals surface area contributed by atoms with Gasteiger partial charge in [-0.1, -0.05) is 26.8 Å². The van der Waals surface area contributed by atoms with Crippen LogP contribution in [0.2, 0.25) is 0 Å². The Morgan fingerprint density at radius 3 is 2.29 bits per heavy atom. The summed E-state index contributed by atoms with van der Waals surface area (Å²) in [4.78, 5) is 63.9. The molecule has 0 spiro atoms. The van der Waals surface area contributed by atoms with Crippen molar-refractivity contribution in [3.05, 3.63) is 53.1 Å². The highest BCUT2D eigenvalue weighted by molar-refractivity contribution is 6.25. The van der Waals surface area contributed by atoms with Gasteiger partial charge >= 0.3 is 6.09 Å². The Labute approximate surface area is 221 Å². The first-order valence-electron chi connectivity index (χ1n) is 12.4. The lowest BCUT2D eigenvalue weighted by Crippen LogP contribution is -2.54. The number of amides is 5. The number of hydrogen-bond acceptors (Lipinski definition) is 7. The summed E-state index contributed by atoms with van der Waals surface area (Å²) < 4.78 is 5.38. The van der Waals surface area contributed by atoms with Gasteiger partial charge < -0.3 is 10.1 Å². The second kappa shape index (κ2) is 9.59. The Balaban J connectivity index is 1.67. The van der Waals surface area contributed by atoms with E-state index in [1.165, 1.54) is 6.07 Å². The molecule has 1 fully saturated rings. The zero-order chi connectivity index (χ0) is 28.0. The summed E-state index contributed by atoms with van der Waals surface area (Å²) in [7, 11) is 0. The second-order valence-electron chi connectivity index (χ2n) is 11.5. The molecule has 4 rings (SSSR count). The molecule has 1 saturated heterocycles. The first-order chi connectivity index (χ1) is 17.6. The average Bonchev–Trinajstić information content (AvgIpc) is 3.03. The van der Waals surface area contributed by atoms with Gasteiger partial charge in [-0.05, 0) is 68.5 Å². The predicted octanol–water partition coefficient (Wildman–Crippen LogP) is 4.48. The highest BCUT2D eigenvalue weighted by atomic mass is 16.6. The number of carbonyl (C=O) groups is 5. The molecule has 2 aliphatic rings. The molecule has 1 atom stereocenters. The van der Waals surface area contributed by atoms with Gasteiger partial charge in [-0.25, -0.2) is 4.79 Å². The van der Waals surface area contributed by atoms with Crippen LogP contribution in [0.15, 0.2) is 36.4 Å². The zero-order valence-corrected chi connectivity index (χ0v) is 22.4. The van der Waals surface area contributed by atoms with Crippen LogP contribution in [-0.4, -0.2) is 46.3 Å². The minimum Gasteiger partial charge on any atom is -0.444 e. The number of carbonyl (C=O) groups excluding carboxylic acids is 5. The smallest absolute Gasteiger partial charge is 0.412 e. The lowest BCUT2D eigenvalue weighted by atomic mass is 9.86. The molecule has 38 heavy (non-hydrogen) atoms. The van der Waals surface area contributed by atoms with E-state index >= 15 is 0 Å². The lowest BCUT2D eigenvalue weighted by molar-refractivity contribution is -0.136. The van der Waals surface area contributed by atoms with Crippen LogP contribution < -0.4 is 16.0 Å². The third-order valence-corrected chi connectivity index (χ3v) is 6.19. The SMILES string of the molecule is CC(C)(C)OC(=O)Nc1cc(Nc2cccc3c2C(=O)N(C2CCC(=O)NC2=O)C3=O)cc(C(C)(C)C)c1. The Morgan fingerprint density at radius 1 is 0.974 bits per heavy atom. The molecule has 5 amide bonds. The van der Waals surface area contributed by atoms with E-state index in [0.717, 1.165) is 10.5 Å². The van der Waals surface area contributed by atoms with Gasteiger partial charge in [-0.2, -0.15) is 0 Å². The number of benzene rings is 2. The number of imide groups is 2. The molecule has 0 saturated carbocycles. The second-order valence-corrected chi connectivity index (χ2v) is 11.5. The molecule has 10 heteroatoms. The molecular formula is C28H32N4O6. The summed E-state index contributed by atoms with van der Waals surface area (Å²) in [5.41, 5.74) is 1.74. The van der Waals surface area contributed by atoms with Crippen molar-refractivity contribution in [1.82, 2.24) is 10.2 Å². The molecule has 0 aromatic heterocycles. The number of hydrogen-bond donors (Lipinski definition) is 3. The van der Waals surface area contributed by atoms with Crippen LogP contribution in [0.25, 0.3) is 0 Å². The molecule has 2 aromatic rings. The van der Waals surface area contributed by atoms with E-state index in [-0.39, 0.29) is 29.4 Å². The Bertz CT molecular complexity index is 1350. The number of rotatable bonds is 4. The van der Waals surface area contributed by atoms with E-state index in [0.29, 0.717) is 17.1 Å². The van der Waals surface area contributed by atoms with Crippen LogP contribution in [0.5, 0.6) is 0 Å². The molecular weight excluding hydrogens is 488 g/mol. The standard InChI is InChI=1S/C28H32N4O6/c1-27(2,3)15-12-16(14-17(13-15)30-26(37)38-28(4,5)6)29-19-9-7-8-18-22(19)25(36)32(24(18)35)20-10-11-21(33)31-23(20)34/h7-9,12-14,20,29H,10-11H2,1-6H3,(H,30,37)(H,31,33,34). The summed E-state index contributed by atoms with van der Waals surface area (Å²) in [5.74, 6) is -2.29. The zero-order valence-electron chi connectivity index (χ0n) is 22.4. The molecule has 0 bridgehead atoms. The van der Waals surface area contributed by atoms with Gasteiger partial charge in [0.2, 0.25) is 11.8 Å². The first kappa shape index (κ1) is 26.8. The Kier molecular flexibility index (Phi) is 6.77. The van der Waals surface area contributed by atoms with E-state index in [1.807, 2.05) is 32.9 Å². The topological polar surface area (TPSA) is 134 Å². The molecule has 2 aromatic carbocycles. The van der Waals surface area contributed by atoms with E-state index in [1.54, 1.807) is 39.0 Å². The van der Waals surface area contributed by atoms with E-state index in [9.17, 15) is 24.0 Å². The number of nitrogens with zero attached hydrogens (tertiary/aromatic N) is 1. The third-order valence-electron chi connectivity index (χ3n) is 6.19. The van der Waals surface area contributed by atoms with Crippen LogP contribution in [0.1, 0.15) is 80.7 Å². The molecule has 0 aliphatic carbocycles. The predicted molar refractivity (Wildman–Crippen MR) is 141 cm³/mol. The van der Waals surface area contributed by atoms with Crippen LogP contribution in [0.3, 0.4) is 0 Å². The summed E-state index contributed by atoms with van der Waals surface area (Å²) in [6.45, 7) is 11.4. The minimum atomic E-state index is -1.05. The van der Waals surface area contributed by atoms with Crippen molar-refractivity contribution >= 4 is 46.8 Å². The summed E-state index contributed by atoms with van der Waals surface area (Å²) in [5, 5.41) is 8.19. The van der Waals surface area contributed by atoms with Gasteiger partial charge in [0.15, 0.2) is 0 Å². The van der Waals surface area contributed by atoms with Crippen LogP contribution >= 0.6 is 0 Å². The normalized spacial score (nSPS) is 17.7. The number of ether oxygens (including phenoxy) is 1. The number of fused-ring (bicyclic) bond motifs is 1. The number of anilines is 3. The molecule has 1 unspecified atom stereocenters. The van der Waals surface area contributed by atoms with Gasteiger partial charge in [0.05, 0.1) is 16.8 Å². The summed E-state index contributed by atoms with van der Waals surface area (Å²) >= 11 is 0. The lowest BCUT2D eigenvalue weighted by Gasteiger charge is -2.27. The molecule has 2 aliphatic heterocycles. The minimum absolute atomic E-state index is 0.0436. The van der Waals surface area contributed by atoms with Crippen molar-refractivity contribution < 1.29 is 28.7 Å². The molecule has 3 N–H and O–H groups in total. The van der Waals surface area contributed by atoms with Gasteiger partial charge in [0.25, 0.3) is 11.8 Å². The average molecular weight is 521 g/mol. The maximum Gasteiger partial charge on any atom is 0.412 e. The van der Waals surface area contributed by atoms with Crippen LogP contribution in [0.4, 0.5) is 21.9 Å². The van der Waals surface area contributed by atoms with Gasteiger partial charge in [0, 0.05) is 17.8 Å². The Morgan fingerprint density at radius 2 is 1.66 bits per heavy atom. The quantitative estimate of drug-likeness (QED) is 0.506.